The Morgan fingerprint density at radius 3 is 2.35 bits per heavy atom. The predicted molar refractivity (Wildman–Crippen MR) is 86.5 cm³/mol. The van der Waals surface area contributed by atoms with Gasteiger partial charge < -0.3 is 0 Å². The zero-order valence-electron chi connectivity index (χ0n) is 13.9. The van der Waals surface area contributed by atoms with E-state index in [0.717, 1.165) is 41.2 Å². The second-order valence-electron chi connectivity index (χ2n) is 6.50. The van der Waals surface area contributed by atoms with Crippen LogP contribution < -0.4 is 0 Å². The number of halogens is 2. The van der Waals surface area contributed by atoms with E-state index in [1.807, 2.05) is 9.58 Å². The Morgan fingerprint density at radius 2 is 1.73 bits per heavy atom. The zero-order valence-corrected chi connectivity index (χ0v) is 14.7. The summed E-state index contributed by atoms with van der Waals surface area (Å²) in [4.78, 5) is 1.15. The minimum absolute atomic E-state index is 0.154. The lowest BCUT2D eigenvalue weighted by Crippen LogP contribution is -2.48. The van der Waals surface area contributed by atoms with Gasteiger partial charge in [-0.1, -0.05) is 6.07 Å². The van der Waals surface area contributed by atoms with Gasteiger partial charge in [-0.05, 0) is 35.4 Å². The number of sulfonamides is 1. The van der Waals surface area contributed by atoms with Crippen LogP contribution in [0.5, 0.6) is 0 Å². The fourth-order valence-electron chi connectivity index (χ4n) is 3.11. The van der Waals surface area contributed by atoms with Crippen molar-refractivity contribution in [1.29, 1.82) is 0 Å². The maximum absolute atomic E-state index is 13.9. The lowest BCUT2D eigenvalue weighted by molar-refractivity contribution is 0.175. The molecule has 0 atom stereocenters. The molecule has 0 amide bonds. The van der Waals surface area contributed by atoms with E-state index in [1.54, 1.807) is 0 Å². The van der Waals surface area contributed by atoms with Crippen molar-refractivity contribution in [2.75, 3.05) is 26.2 Å². The van der Waals surface area contributed by atoms with Crippen molar-refractivity contribution in [1.82, 2.24) is 29.4 Å². The molecule has 0 radical (unpaired) electrons. The van der Waals surface area contributed by atoms with Crippen LogP contribution >= 0.6 is 0 Å². The largest absolute Gasteiger partial charge is 0.293 e. The van der Waals surface area contributed by atoms with Gasteiger partial charge in [-0.25, -0.2) is 21.9 Å². The van der Waals surface area contributed by atoms with E-state index in [-0.39, 0.29) is 13.1 Å². The van der Waals surface area contributed by atoms with Crippen LogP contribution in [0.2, 0.25) is 0 Å². The van der Waals surface area contributed by atoms with Gasteiger partial charge in [0.15, 0.2) is 10.7 Å². The monoisotopic (exact) mass is 384 g/mol. The first kappa shape index (κ1) is 17.4. The van der Waals surface area contributed by atoms with Gasteiger partial charge in [0.05, 0.1) is 12.6 Å². The second-order valence-corrected chi connectivity index (χ2v) is 8.38. The fraction of sp³-hybridized carbons (Fsp3) is 0.533. The Kier molecular flexibility index (Phi) is 4.45. The predicted octanol–water partition coefficient (Wildman–Crippen LogP) is 0.793. The van der Waals surface area contributed by atoms with Gasteiger partial charge in [-0.2, -0.15) is 4.31 Å². The van der Waals surface area contributed by atoms with Gasteiger partial charge in [-0.15, -0.1) is 5.10 Å². The van der Waals surface area contributed by atoms with Gasteiger partial charge in [-0.3, -0.25) is 4.90 Å². The quantitative estimate of drug-likeness (QED) is 0.758. The van der Waals surface area contributed by atoms with E-state index < -0.39 is 26.6 Å². The molecule has 1 saturated heterocycles. The highest BCUT2D eigenvalue weighted by molar-refractivity contribution is 7.89. The van der Waals surface area contributed by atoms with Gasteiger partial charge in [0, 0.05) is 26.2 Å². The molecule has 2 aliphatic rings. The van der Waals surface area contributed by atoms with Crippen molar-refractivity contribution in [2.45, 2.75) is 30.3 Å². The minimum atomic E-state index is -4.21. The third-order valence-electron chi connectivity index (χ3n) is 4.67. The molecule has 1 aliphatic heterocycles. The molecule has 1 aromatic heterocycles. The van der Waals surface area contributed by atoms with Crippen LogP contribution in [0, 0.1) is 11.6 Å². The van der Waals surface area contributed by atoms with Gasteiger partial charge in [0.1, 0.15) is 11.6 Å². The van der Waals surface area contributed by atoms with E-state index in [0.29, 0.717) is 25.7 Å². The Morgan fingerprint density at radius 1 is 1.08 bits per heavy atom. The summed E-state index contributed by atoms with van der Waals surface area (Å²) >= 11 is 0. The molecule has 0 unspecified atom stereocenters. The number of piperazine rings is 1. The second kappa shape index (κ2) is 6.63. The number of tetrazole rings is 1. The lowest BCUT2D eigenvalue weighted by Gasteiger charge is -2.33. The Hall–Kier alpha value is -1.98. The molecule has 11 heteroatoms. The smallest absolute Gasteiger partial charge is 0.249 e. The molecule has 140 valence electrons. The SMILES string of the molecule is O=S(=O)(c1c(F)cccc1F)N1CCN(Cc2nnnn2C2CC2)CC1. The van der Waals surface area contributed by atoms with Crippen LogP contribution in [0.15, 0.2) is 23.1 Å². The van der Waals surface area contributed by atoms with Gasteiger partial charge in [0.2, 0.25) is 10.0 Å². The molecule has 2 aromatic rings. The molecule has 1 saturated carbocycles. The molecule has 1 aromatic carbocycles. The number of nitrogens with zero attached hydrogens (tertiary/aromatic N) is 6. The lowest BCUT2D eigenvalue weighted by atomic mass is 10.3. The van der Waals surface area contributed by atoms with Crippen LogP contribution in [-0.2, 0) is 16.6 Å². The Balaban J connectivity index is 1.44. The summed E-state index contributed by atoms with van der Waals surface area (Å²) in [5.74, 6) is -1.39. The van der Waals surface area contributed by atoms with Crippen molar-refractivity contribution in [3.63, 3.8) is 0 Å². The van der Waals surface area contributed by atoms with E-state index in [9.17, 15) is 17.2 Å². The van der Waals surface area contributed by atoms with Crippen molar-refractivity contribution in [2.24, 2.45) is 0 Å². The van der Waals surface area contributed by atoms with Crippen LogP contribution in [-0.4, -0.2) is 64.0 Å². The van der Waals surface area contributed by atoms with E-state index >= 15 is 0 Å². The number of benzene rings is 1. The van der Waals surface area contributed by atoms with Crippen LogP contribution in [0.3, 0.4) is 0 Å². The summed E-state index contributed by atoms with van der Waals surface area (Å²) in [5.41, 5.74) is 0. The van der Waals surface area contributed by atoms with E-state index in [1.165, 1.54) is 0 Å². The third kappa shape index (κ3) is 3.21. The van der Waals surface area contributed by atoms with Crippen molar-refractivity contribution < 1.29 is 17.2 Å². The Labute approximate surface area is 149 Å². The number of hydrogen-bond donors (Lipinski definition) is 0. The summed E-state index contributed by atoms with van der Waals surface area (Å²) in [7, 11) is -4.21. The highest BCUT2D eigenvalue weighted by atomic mass is 32.2. The van der Waals surface area contributed by atoms with Crippen LogP contribution in [0.4, 0.5) is 8.78 Å². The zero-order chi connectivity index (χ0) is 18.3. The van der Waals surface area contributed by atoms with E-state index in [4.69, 9.17) is 0 Å². The average molecular weight is 384 g/mol. The summed E-state index contributed by atoms with van der Waals surface area (Å²) in [6.07, 6.45) is 2.14. The van der Waals surface area contributed by atoms with Crippen LogP contribution in [0.1, 0.15) is 24.7 Å². The third-order valence-corrected chi connectivity index (χ3v) is 6.62. The summed E-state index contributed by atoms with van der Waals surface area (Å²) in [6, 6.07) is 3.41. The molecule has 0 spiro atoms. The fourth-order valence-corrected chi connectivity index (χ4v) is 4.64. The molecule has 8 nitrogen and oxygen atoms in total. The first-order valence-corrected chi connectivity index (χ1v) is 9.84. The summed E-state index contributed by atoms with van der Waals surface area (Å²) in [6.45, 7) is 1.70. The standard InChI is InChI=1S/C15H18F2N6O2S/c16-12-2-1-3-13(17)15(12)26(24,25)22-8-6-21(7-9-22)10-14-18-19-20-23(14)11-4-5-11/h1-3,11H,4-10H2. The number of aromatic nitrogens is 4. The molecule has 0 bridgehead atoms. The number of hydrogen-bond acceptors (Lipinski definition) is 6. The number of rotatable bonds is 5. The highest BCUT2D eigenvalue weighted by Crippen LogP contribution is 2.34. The highest BCUT2D eigenvalue weighted by Gasteiger charge is 2.34. The van der Waals surface area contributed by atoms with E-state index in [2.05, 4.69) is 15.5 Å². The van der Waals surface area contributed by atoms with Crippen molar-refractivity contribution in [3.8, 4) is 0 Å². The summed E-state index contributed by atoms with van der Waals surface area (Å²) in [5, 5.41) is 11.7. The summed E-state index contributed by atoms with van der Waals surface area (Å²) < 4.78 is 55.9. The van der Waals surface area contributed by atoms with Gasteiger partial charge in [0.25, 0.3) is 0 Å². The normalized spacial score (nSPS) is 19.8. The molecule has 0 N–H and O–H groups in total. The Bertz CT molecular complexity index is 886. The molecule has 4 rings (SSSR count). The molecule has 26 heavy (non-hydrogen) atoms. The first-order chi connectivity index (χ1) is 12.5. The topological polar surface area (TPSA) is 84.2 Å². The molecular weight excluding hydrogens is 366 g/mol. The molecule has 2 heterocycles. The van der Waals surface area contributed by atoms with Gasteiger partial charge >= 0.3 is 0 Å². The molecule has 2 fully saturated rings. The molecular formula is C15H18F2N6O2S. The minimum Gasteiger partial charge on any atom is -0.293 e. The average Bonchev–Trinajstić information content (AvgIpc) is 3.35. The molecule has 1 aliphatic carbocycles. The first-order valence-electron chi connectivity index (χ1n) is 8.40. The maximum Gasteiger partial charge on any atom is 0.249 e. The van der Waals surface area contributed by atoms with Crippen molar-refractivity contribution in [3.05, 3.63) is 35.7 Å². The van der Waals surface area contributed by atoms with Crippen LogP contribution in [0.25, 0.3) is 0 Å². The maximum atomic E-state index is 13.9. The van der Waals surface area contributed by atoms with Crippen molar-refractivity contribution >= 4 is 10.0 Å².